The lowest BCUT2D eigenvalue weighted by molar-refractivity contribution is -0.384. The predicted octanol–water partition coefficient (Wildman–Crippen LogP) is 1.69. The number of esters is 1. The molecule has 0 bridgehead atoms. The number of methoxy groups -OCH3 is 1. The largest absolute Gasteiger partial charge is 0.468 e. The monoisotopic (exact) mass is 267 g/mol. The number of carbonyl (C=O) groups excluding carboxylic acids is 1. The van der Waals surface area contributed by atoms with Crippen LogP contribution in [0.1, 0.15) is 19.4 Å². The van der Waals surface area contributed by atoms with Crippen molar-refractivity contribution in [3.63, 3.8) is 0 Å². The van der Waals surface area contributed by atoms with Crippen LogP contribution >= 0.6 is 0 Å². The van der Waals surface area contributed by atoms with Crippen LogP contribution < -0.4 is 4.90 Å². The minimum absolute atomic E-state index is 0.0783. The van der Waals surface area contributed by atoms with Gasteiger partial charge in [0.2, 0.25) is 5.82 Å². The Hall–Kier alpha value is -2.18. The Morgan fingerprint density at radius 2 is 2.21 bits per heavy atom. The average molecular weight is 267 g/mol. The number of hydrogen-bond donors (Lipinski definition) is 0. The van der Waals surface area contributed by atoms with Crippen LogP contribution in [0.25, 0.3) is 0 Å². The average Bonchev–Trinajstić information content (AvgIpc) is 2.35. The summed E-state index contributed by atoms with van der Waals surface area (Å²) < 4.78 is 4.60. The Labute approximate surface area is 111 Å². The molecule has 0 radical (unpaired) electrons. The van der Waals surface area contributed by atoms with Gasteiger partial charge in [0.25, 0.3) is 0 Å². The van der Waals surface area contributed by atoms with Crippen molar-refractivity contribution in [2.45, 2.75) is 26.8 Å². The minimum Gasteiger partial charge on any atom is -0.468 e. The zero-order valence-electron chi connectivity index (χ0n) is 11.4. The molecule has 0 aliphatic rings. The van der Waals surface area contributed by atoms with Crippen molar-refractivity contribution in [3.8, 4) is 0 Å². The van der Waals surface area contributed by atoms with E-state index in [-0.39, 0.29) is 24.1 Å². The van der Waals surface area contributed by atoms with Gasteiger partial charge in [0.15, 0.2) is 0 Å². The first-order valence-electron chi connectivity index (χ1n) is 5.81. The van der Waals surface area contributed by atoms with Gasteiger partial charge in [-0.1, -0.05) is 0 Å². The quantitative estimate of drug-likeness (QED) is 0.458. The number of aryl methyl sites for hydroxylation is 1. The lowest BCUT2D eigenvalue weighted by Crippen LogP contribution is -2.37. The second-order valence-electron chi connectivity index (χ2n) is 4.41. The van der Waals surface area contributed by atoms with E-state index < -0.39 is 10.9 Å². The number of pyridine rings is 1. The van der Waals surface area contributed by atoms with Crippen LogP contribution in [0.15, 0.2) is 12.3 Å². The Balaban J connectivity index is 3.22. The molecule has 7 heteroatoms. The molecular weight excluding hydrogens is 250 g/mol. The summed E-state index contributed by atoms with van der Waals surface area (Å²) in [5.41, 5.74) is 0.579. The summed E-state index contributed by atoms with van der Waals surface area (Å²) in [6.07, 6.45) is 1.54. The maximum atomic E-state index is 11.4. The first-order valence-corrected chi connectivity index (χ1v) is 5.81. The number of ether oxygens (including phenoxy) is 1. The van der Waals surface area contributed by atoms with Gasteiger partial charge in [-0.3, -0.25) is 14.9 Å². The molecule has 0 fully saturated rings. The molecular formula is C12H17N3O4. The van der Waals surface area contributed by atoms with Crippen LogP contribution in [-0.4, -0.2) is 35.6 Å². The summed E-state index contributed by atoms with van der Waals surface area (Å²) in [7, 11) is 1.28. The fourth-order valence-corrected chi connectivity index (χ4v) is 1.61. The summed E-state index contributed by atoms with van der Waals surface area (Å²) in [4.78, 5) is 27.6. The van der Waals surface area contributed by atoms with Gasteiger partial charge in [-0.05, 0) is 26.3 Å². The molecule has 0 N–H and O–H groups in total. The van der Waals surface area contributed by atoms with Crippen LogP contribution in [-0.2, 0) is 9.53 Å². The minimum atomic E-state index is -0.498. The van der Waals surface area contributed by atoms with E-state index in [4.69, 9.17) is 0 Å². The van der Waals surface area contributed by atoms with E-state index in [1.54, 1.807) is 11.8 Å². The number of hydrogen-bond acceptors (Lipinski definition) is 6. The van der Waals surface area contributed by atoms with Crippen LogP contribution in [0, 0.1) is 17.0 Å². The Kier molecular flexibility index (Phi) is 4.80. The molecule has 1 aromatic heterocycles. The van der Waals surface area contributed by atoms with Crippen molar-refractivity contribution in [2.24, 2.45) is 0 Å². The summed E-state index contributed by atoms with van der Waals surface area (Å²) >= 11 is 0. The first-order chi connectivity index (χ1) is 8.86. The van der Waals surface area contributed by atoms with Gasteiger partial charge in [-0.15, -0.1) is 0 Å². The lowest BCUT2D eigenvalue weighted by atomic mass is 10.2. The van der Waals surface area contributed by atoms with Crippen molar-refractivity contribution < 1.29 is 14.5 Å². The van der Waals surface area contributed by atoms with Crippen molar-refractivity contribution in [2.75, 3.05) is 18.6 Å². The molecule has 1 aromatic rings. The predicted molar refractivity (Wildman–Crippen MR) is 70.1 cm³/mol. The van der Waals surface area contributed by atoms with E-state index >= 15 is 0 Å². The molecule has 1 heterocycles. The zero-order chi connectivity index (χ0) is 14.6. The Bertz CT molecular complexity index is 488. The molecule has 7 nitrogen and oxygen atoms in total. The van der Waals surface area contributed by atoms with Crippen molar-refractivity contribution in [1.82, 2.24) is 4.98 Å². The number of carbonyl (C=O) groups is 1. The van der Waals surface area contributed by atoms with Gasteiger partial charge < -0.3 is 9.64 Å². The maximum absolute atomic E-state index is 11.4. The molecule has 0 unspecified atom stereocenters. The molecule has 0 aliphatic heterocycles. The van der Waals surface area contributed by atoms with E-state index in [0.717, 1.165) is 0 Å². The van der Waals surface area contributed by atoms with Crippen LogP contribution in [0.5, 0.6) is 0 Å². The fourth-order valence-electron chi connectivity index (χ4n) is 1.61. The highest BCUT2D eigenvalue weighted by molar-refractivity contribution is 5.76. The third kappa shape index (κ3) is 3.64. The van der Waals surface area contributed by atoms with Crippen molar-refractivity contribution >= 4 is 17.5 Å². The second-order valence-corrected chi connectivity index (χ2v) is 4.41. The summed E-state index contributed by atoms with van der Waals surface area (Å²) in [6.45, 7) is 5.30. The third-order valence-corrected chi connectivity index (χ3v) is 2.60. The van der Waals surface area contributed by atoms with E-state index in [0.29, 0.717) is 5.56 Å². The summed E-state index contributed by atoms with van der Waals surface area (Å²) in [6, 6.07) is 1.32. The second kappa shape index (κ2) is 6.12. The highest BCUT2D eigenvalue weighted by Crippen LogP contribution is 2.27. The molecule has 0 amide bonds. The molecule has 19 heavy (non-hydrogen) atoms. The van der Waals surface area contributed by atoms with Crippen LogP contribution in [0.3, 0.4) is 0 Å². The van der Waals surface area contributed by atoms with Gasteiger partial charge in [0.05, 0.1) is 12.0 Å². The van der Waals surface area contributed by atoms with Crippen LogP contribution in [0.4, 0.5) is 11.5 Å². The third-order valence-electron chi connectivity index (χ3n) is 2.60. The fraction of sp³-hybridized carbons (Fsp3) is 0.500. The van der Waals surface area contributed by atoms with Gasteiger partial charge in [0.1, 0.15) is 6.54 Å². The molecule has 0 saturated heterocycles. The molecule has 1 rings (SSSR count). The van der Waals surface area contributed by atoms with E-state index in [9.17, 15) is 14.9 Å². The van der Waals surface area contributed by atoms with E-state index in [1.807, 2.05) is 13.8 Å². The SMILES string of the molecule is COC(=O)CN(c1ncc(C)cc1[N+](=O)[O-])C(C)C. The molecule has 0 aromatic carbocycles. The molecule has 0 saturated carbocycles. The topological polar surface area (TPSA) is 85.6 Å². The number of nitro groups is 1. The number of aromatic nitrogens is 1. The van der Waals surface area contributed by atoms with E-state index in [2.05, 4.69) is 9.72 Å². The van der Waals surface area contributed by atoms with Gasteiger partial charge in [0, 0.05) is 18.3 Å². The number of nitrogens with zero attached hydrogens (tertiary/aromatic N) is 3. The Morgan fingerprint density at radius 3 is 2.68 bits per heavy atom. The van der Waals surface area contributed by atoms with E-state index in [1.165, 1.54) is 19.4 Å². The summed E-state index contributed by atoms with van der Waals surface area (Å²) in [5, 5.41) is 11.1. The molecule has 0 aliphatic carbocycles. The number of rotatable bonds is 5. The highest BCUT2D eigenvalue weighted by Gasteiger charge is 2.25. The highest BCUT2D eigenvalue weighted by atomic mass is 16.6. The zero-order valence-corrected chi connectivity index (χ0v) is 11.4. The van der Waals surface area contributed by atoms with Gasteiger partial charge >= 0.3 is 11.7 Å². The Morgan fingerprint density at radius 1 is 1.58 bits per heavy atom. The number of anilines is 1. The van der Waals surface area contributed by atoms with Gasteiger partial charge in [-0.25, -0.2) is 4.98 Å². The molecule has 0 spiro atoms. The first kappa shape index (κ1) is 14.9. The smallest absolute Gasteiger partial charge is 0.325 e. The standard InChI is InChI=1S/C12H17N3O4/c1-8(2)14(7-11(16)19-4)12-10(15(17)18)5-9(3)6-13-12/h5-6,8H,7H2,1-4H3. The van der Waals surface area contributed by atoms with Gasteiger partial charge in [-0.2, -0.15) is 0 Å². The van der Waals surface area contributed by atoms with Crippen molar-refractivity contribution in [3.05, 3.63) is 27.9 Å². The summed E-state index contributed by atoms with van der Waals surface area (Å²) in [5.74, 6) is -0.290. The normalized spacial score (nSPS) is 10.4. The molecule has 104 valence electrons. The maximum Gasteiger partial charge on any atom is 0.325 e. The van der Waals surface area contributed by atoms with Crippen LogP contribution in [0.2, 0.25) is 0 Å². The molecule has 0 atom stereocenters. The van der Waals surface area contributed by atoms with Crippen molar-refractivity contribution in [1.29, 1.82) is 0 Å². The lowest BCUT2D eigenvalue weighted by Gasteiger charge is -2.26.